The number of aliphatic hydroxyl groups is 1. The van der Waals surface area contributed by atoms with Crippen molar-refractivity contribution in [3.05, 3.63) is 53.1 Å². The highest BCUT2D eigenvalue weighted by atomic mass is 16.7. The summed E-state index contributed by atoms with van der Waals surface area (Å²) in [6, 6.07) is 10.3. The number of carbonyl (C=O) groups excluding carboxylic acids is 1. The molecule has 1 aliphatic heterocycles. The molecular formula is C23H27NO3. The van der Waals surface area contributed by atoms with E-state index in [1.807, 2.05) is 19.1 Å². The summed E-state index contributed by atoms with van der Waals surface area (Å²) in [5.41, 5.74) is 10.4. The number of rotatable bonds is 0. The first-order valence-electron chi connectivity index (χ1n) is 9.62. The van der Waals surface area contributed by atoms with E-state index in [0.717, 1.165) is 45.9 Å². The van der Waals surface area contributed by atoms with Gasteiger partial charge in [-0.1, -0.05) is 43.3 Å². The summed E-state index contributed by atoms with van der Waals surface area (Å²) in [5.74, 6) is -1.89. The van der Waals surface area contributed by atoms with Gasteiger partial charge in [0.15, 0.2) is 0 Å². The van der Waals surface area contributed by atoms with Gasteiger partial charge in [0.1, 0.15) is 0 Å². The minimum Gasteiger partial charge on any atom is -0.433 e. The predicted octanol–water partition coefficient (Wildman–Crippen LogP) is 3.86. The number of nitrogens with two attached hydrogens (primary N) is 1. The quantitative estimate of drug-likeness (QED) is 0.696. The van der Waals surface area contributed by atoms with Gasteiger partial charge in [0.05, 0.1) is 6.42 Å². The topological polar surface area (TPSA) is 72.5 Å². The first kappa shape index (κ1) is 18.2. The van der Waals surface area contributed by atoms with Crippen LogP contribution in [0.1, 0.15) is 49.8 Å². The first-order valence-corrected chi connectivity index (χ1v) is 9.62. The lowest BCUT2D eigenvalue weighted by Crippen LogP contribution is -2.41. The number of benzene rings is 2. The summed E-state index contributed by atoms with van der Waals surface area (Å²) >= 11 is 0. The number of cyclic esters (lactones) is 1. The fraction of sp³-hybridized carbons (Fsp3) is 0.435. The molecule has 0 saturated heterocycles. The molecule has 0 amide bonds. The third-order valence-electron chi connectivity index (χ3n) is 5.99. The molecule has 3 atom stereocenters. The Hall–Kier alpha value is -2.17. The summed E-state index contributed by atoms with van der Waals surface area (Å²) in [6.07, 6.45) is 4.40. The number of ether oxygens (including phenoxy) is 1. The zero-order valence-corrected chi connectivity index (χ0v) is 16.2. The normalized spacial score (nSPS) is 31.1. The summed E-state index contributed by atoms with van der Waals surface area (Å²) < 4.78 is 5.48. The molecule has 0 spiro atoms. The number of allylic oxidation sites excluding steroid dienone is 1. The van der Waals surface area contributed by atoms with E-state index in [4.69, 9.17) is 10.5 Å². The summed E-state index contributed by atoms with van der Waals surface area (Å²) in [6.45, 7) is 5.71. The maximum Gasteiger partial charge on any atom is 0.312 e. The van der Waals surface area contributed by atoms with Crippen LogP contribution in [-0.4, -0.2) is 22.9 Å². The number of hydrogen-bond acceptors (Lipinski definition) is 4. The average Bonchev–Trinajstić information content (AvgIpc) is 2.56. The molecule has 4 nitrogen and oxygen atoms in total. The van der Waals surface area contributed by atoms with Crippen molar-refractivity contribution in [3.63, 3.8) is 0 Å². The standard InChI is InChI=1S/C23H27NO3/c1-14-10-15-6-4-5-7-16(15)21-17(14)11-20(25)27-23(3,26)13-22(2)9-8-19(24)18(21)12-22/h4-7,10,12,19,26H,8-9,11,13,24H2,1-3H3. The van der Waals surface area contributed by atoms with Gasteiger partial charge in [-0.15, -0.1) is 0 Å². The summed E-state index contributed by atoms with van der Waals surface area (Å²) in [5, 5.41) is 13.0. The average molecular weight is 365 g/mol. The molecule has 0 fully saturated rings. The molecule has 2 bridgehead atoms. The van der Waals surface area contributed by atoms with Crippen LogP contribution < -0.4 is 5.73 Å². The van der Waals surface area contributed by atoms with E-state index in [9.17, 15) is 9.90 Å². The minimum absolute atomic E-state index is 0.0811. The number of hydrogen-bond donors (Lipinski definition) is 2. The van der Waals surface area contributed by atoms with E-state index >= 15 is 0 Å². The van der Waals surface area contributed by atoms with E-state index < -0.39 is 11.8 Å². The largest absolute Gasteiger partial charge is 0.433 e. The lowest BCUT2D eigenvalue weighted by molar-refractivity contribution is -0.210. The van der Waals surface area contributed by atoms with E-state index in [1.165, 1.54) is 0 Å². The monoisotopic (exact) mass is 365 g/mol. The van der Waals surface area contributed by atoms with Crippen molar-refractivity contribution in [2.24, 2.45) is 11.1 Å². The number of fused-ring (bicyclic) bond motifs is 5. The van der Waals surface area contributed by atoms with Crippen LogP contribution in [0.4, 0.5) is 0 Å². The van der Waals surface area contributed by atoms with Crippen molar-refractivity contribution < 1.29 is 14.6 Å². The Morgan fingerprint density at radius 1 is 1.26 bits per heavy atom. The summed E-state index contributed by atoms with van der Waals surface area (Å²) in [7, 11) is 0. The zero-order chi connectivity index (χ0) is 19.4. The van der Waals surface area contributed by atoms with Crippen LogP contribution in [0, 0.1) is 12.3 Å². The lowest BCUT2D eigenvalue weighted by atomic mass is 9.69. The van der Waals surface area contributed by atoms with Crippen LogP contribution >= 0.6 is 0 Å². The van der Waals surface area contributed by atoms with Crippen LogP contribution in [0.15, 0.2) is 36.4 Å². The second-order valence-corrected chi connectivity index (χ2v) is 8.67. The van der Waals surface area contributed by atoms with E-state index in [0.29, 0.717) is 6.42 Å². The molecule has 4 rings (SSSR count). The predicted molar refractivity (Wildman–Crippen MR) is 107 cm³/mol. The molecule has 4 heteroatoms. The number of carbonyl (C=O) groups is 1. The van der Waals surface area contributed by atoms with Crippen molar-refractivity contribution in [1.29, 1.82) is 0 Å². The Labute approximate surface area is 160 Å². The highest BCUT2D eigenvalue weighted by Gasteiger charge is 2.40. The molecule has 3 unspecified atom stereocenters. The highest BCUT2D eigenvalue weighted by Crippen LogP contribution is 2.46. The zero-order valence-electron chi connectivity index (χ0n) is 16.2. The molecular weight excluding hydrogens is 338 g/mol. The van der Waals surface area contributed by atoms with E-state index in [2.05, 4.69) is 31.2 Å². The van der Waals surface area contributed by atoms with Crippen molar-refractivity contribution in [2.45, 2.75) is 58.3 Å². The SMILES string of the molecule is Cc1cc2ccccc2c2c1CC(=O)OC(C)(O)CC1(C)C=C2C(N)CC1. The molecule has 2 aromatic rings. The Morgan fingerprint density at radius 2 is 2.00 bits per heavy atom. The Morgan fingerprint density at radius 3 is 2.78 bits per heavy atom. The second-order valence-electron chi connectivity index (χ2n) is 8.67. The fourth-order valence-corrected chi connectivity index (χ4v) is 4.89. The van der Waals surface area contributed by atoms with Gasteiger partial charge in [0.25, 0.3) is 0 Å². The van der Waals surface area contributed by atoms with Gasteiger partial charge >= 0.3 is 5.97 Å². The maximum atomic E-state index is 12.6. The van der Waals surface area contributed by atoms with Gasteiger partial charge in [-0.2, -0.15) is 0 Å². The third kappa shape index (κ3) is 3.28. The molecule has 3 N–H and O–H groups in total. The molecule has 0 aromatic heterocycles. The van der Waals surface area contributed by atoms with Gasteiger partial charge in [-0.25, -0.2) is 0 Å². The van der Waals surface area contributed by atoms with Crippen molar-refractivity contribution >= 4 is 22.3 Å². The van der Waals surface area contributed by atoms with Gasteiger partial charge < -0.3 is 15.6 Å². The smallest absolute Gasteiger partial charge is 0.312 e. The highest BCUT2D eigenvalue weighted by molar-refractivity contribution is 5.98. The van der Waals surface area contributed by atoms with Crippen molar-refractivity contribution in [2.75, 3.05) is 0 Å². The van der Waals surface area contributed by atoms with Gasteiger partial charge in [0.2, 0.25) is 5.79 Å². The van der Waals surface area contributed by atoms with Crippen molar-refractivity contribution in [3.8, 4) is 0 Å². The summed E-state index contributed by atoms with van der Waals surface area (Å²) in [4.78, 5) is 12.6. The van der Waals surface area contributed by atoms with Crippen LogP contribution in [0.3, 0.4) is 0 Å². The van der Waals surface area contributed by atoms with Crippen LogP contribution in [0.5, 0.6) is 0 Å². The number of esters is 1. The third-order valence-corrected chi connectivity index (χ3v) is 5.99. The number of aryl methyl sites for hydroxylation is 1. The molecule has 0 radical (unpaired) electrons. The van der Waals surface area contributed by atoms with Crippen LogP contribution in [0.2, 0.25) is 0 Å². The van der Waals surface area contributed by atoms with Crippen molar-refractivity contribution in [1.82, 2.24) is 0 Å². The van der Waals surface area contributed by atoms with Crippen LogP contribution in [0.25, 0.3) is 16.3 Å². The molecule has 2 aromatic carbocycles. The molecule has 27 heavy (non-hydrogen) atoms. The first-order chi connectivity index (χ1) is 12.7. The second kappa shape index (κ2) is 6.18. The van der Waals surface area contributed by atoms with Gasteiger partial charge in [-0.05, 0) is 58.2 Å². The van der Waals surface area contributed by atoms with Gasteiger partial charge in [-0.3, -0.25) is 4.79 Å². The van der Waals surface area contributed by atoms with E-state index in [1.54, 1.807) is 6.92 Å². The minimum atomic E-state index is -1.49. The lowest BCUT2D eigenvalue weighted by Gasteiger charge is -2.40. The Kier molecular flexibility index (Phi) is 4.17. The molecule has 142 valence electrons. The fourth-order valence-electron chi connectivity index (χ4n) is 4.89. The van der Waals surface area contributed by atoms with E-state index in [-0.39, 0.29) is 17.9 Å². The Bertz CT molecular complexity index is 959. The maximum absolute atomic E-state index is 12.6. The molecule has 2 aliphatic rings. The molecule has 1 aliphatic carbocycles. The van der Waals surface area contributed by atoms with Crippen LogP contribution in [-0.2, 0) is 16.0 Å². The molecule has 1 heterocycles. The van der Waals surface area contributed by atoms with Gasteiger partial charge in [0, 0.05) is 19.4 Å². The Balaban J connectivity index is 2.05. The molecule has 0 saturated carbocycles.